The molecule has 6 fully saturated rings. The maximum atomic E-state index is 14.2. The van der Waals surface area contributed by atoms with Crippen molar-refractivity contribution in [1.29, 1.82) is 0 Å². The number of imide groups is 2. The lowest BCUT2D eigenvalue weighted by atomic mass is 9.47. The topological polar surface area (TPSA) is 180 Å². The van der Waals surface area contributed by atoms with Crippen molar-refractivity contribution < 1.29 is 57.3 Å². The summed E-state index contributed by atoms with van der Waals surface area (Å²) in [6, 6.07) is 9.83. The number of carbonyl (C=O) groups is 8. The van der Waals surface area contributed by atoms with E-state index >= 15 is 0 Å². The van der Waals surface area contributed by atoms with Crippen molar-refractivity contribution in [2.75, 3.05) is 23.0 Å². The highest BCUT2D eigenvalue weighted by Gasteiger charge is 2.71. The zero-order chi connectivity index (χ0) is 48.3. The smallest absolute Gasteiger partial charge is 0.421 e. The second-order valence-electron chi connectivity index (χ2n) is 19.7. The van der Waals surface area contributed by atoms with E-state index in [0.717, 1.165) is 33.5 Å². The molecule has 8 atom stereocenters. The Hall–Kier alpha value is -5.34. The molecule has 0 unspecified atom stereocenters. The molecular weight excluding hydrogens is 891 g/mol. The Morgan fingerprint density at radius 2 is 1.00 bits per heavy atom. The van der Waals surface area contributed by atoms with E-state index in [2.05, 4.69) is 0 Å². The molecule has 2 spiro atoms. The van der Waals surface area contributed by atoms with Crippen molar-refractivity contribution in [3.05, 3.63) is 80.9 Å². The van der Waals surface area contributed by atoms with Gasteiger partial charge in [-0.15, -0.1) is 0 Å². The fourth-order valence-corrected chi connectivity index (χ4v) is 12.2. The largest absolute Gasteiger partial charge is 0.466 e. The summed E-state index contributed by atoms with van der Waals surface area (Å²) in [5.74, 6) is -4.99. The van der Waals surface area contributed by atoms with Gasteiger partial charge in [0.25, 0.3) is 0 Å². The first-order valence-corrected chi connectivity index (χ1v) is 23.2. The van der Waals surface area contributed by atoms with Crippen LogP contribution in [0.1, 0.15) is 105 Å². The summed E-state index contributed by atoms with van der Waals surface area (Å²) in [4.78, 5) is 106. The van der Waals surface area contributed by atoms with Gasteiger partial charge in [-0.1, -0.05) is 34.3 Å². The third-order valence-electron chi connectivity index (χ3n) is 13.8. The predicted molar refractivity (Wildman–Crippen MR) is 244 cm³/mol. The molecule has 352 valence electrons. The van der Waals surface area contributed by atoms with Crippen molar-refractivity contribution in [3.8, 4) is 0 Å². The van der Waals surface area contributed by atoms with E-state index in [4.69, 9.17) is 42.1 Å². The van der Waals surface area contributed by atoms with E-state index in [1.807, 2.05) is 0 Å². The van der Waals surface area contributed by atoms with Gasteiger partial charge in [-0.05, 0) is 177 Å². The molecule has 2 heterocycles. The van der Waals surface area contributed by atoms with Gasteiger partial charge in [-0.25, -0.2) is 19.4 Å². The SMILES string of the molecule is CCOC(=O)[C@H]1[C@@H]2CC[C@@H](C/C2=C\C=O)[C@]12C(=O)N(C(=O)OC(C)(C)C)c1ccc(Cl)cc12.CCOC(=O)[C@H]1[C@@H]2CC[C@@H](C/C2=C\C=O)[C@]12C(=O)N(C(=O)OC(C)(C)C)c1ccc(Cl)cc12. The number of rotatable bonds is 6. The first kappa shape index (κ1) is 48.6. The van der Waals surface area contributed by atoms with E-state index < -0.39 is 69.8 Å². The van der Waals surface area contributed by atoms with Crippen LogP contribution in [0.5, 0.6) is 0 Å². The summed E-state index contributed by atoms with van der Waals surface area (Å²) < 4.78 is 22.0. The summed E-state index contributed by atoms with van der Waals surface area (Å²) in [7, 11) is 0. The van der Waals surface area contributed by atoms with Crippen LogP contribution in [-0.2, 0) is 58.5 Å². The van der Waals surface area contributed by atoms with E-state index in [9.17, 15) is 38.4 Å². The molecule has 4 bridgehead atoms. The number of nitrogens with zero attached hydrogens (tertiary/aromatic N) is 2. The molecule has 66 heavy (non-hydrogen) atoms. The van der Waals surface area contributed by atoms with Crippen LogP contribution in [0, 0.1) is 35.5 Å². The van der Waals surface area contributed by atoms with Crippen molar-refractivity contribution in [1.82, 2.24) is 0 Å². The second kappa shape index (κ2) is 18.0. The number of amides is 4. The molecule has 4 amide bonds. The van der Waals surface area contributed by atoms with Crippen LogP contribution in [0.2, 0.25) is 10.0 Å². The minimum atomic E-state index is -1.31. The fourth-order valence-electron chi connectivity index (χ4n) is 11.9. The number of benzene rings is 2. The molecule has 0 radical (unpaired) electrons. The lowest BCUT2D eigenvalue weighted by Crippen LogP contribution is -2.62. The molecule has 16 heteroatoms. The number of halogens is 2. The lowest BCUT2D eigenvalue weighted by Gasteiger charge is -2.54. The molecule has 10 rings (SSSR count). The first-order chi connectivity index (χ1) is 31.1. The van der Waals surface area contributed by atoms with Gasteiger partial charge < -0.3 is 18.9 Å². The average molecular weight is 948 g/mol. The monoisotopic (exact) mass is 946 g/mol. The number of hydrogen-bond donors (Lipinski definition) is 0. The number of aldehydes is 2. The van der Waals surface area contributed by atoms with E-state index in [-0.39, 0.29) is 36.9 Å². The van der Waals surface area contributed by atoms with Gasteiger partial charge in [-0.2, -0.15) is 0 Å². The van der Waals surface area contributed by atoms with Crippen molar-refractivity contribution in [2.45, 2.75) is 116 Å². The van der Waals surface area contributed by atoms with E-state index in [1.54, 1.807) is 91.8 Å². The van der Waals surface area contributed by atoms with Crippen LogP contribution >= 0.6 is 23.2 Å². The maximum Gasteiger partial charge on any atom is 0.421 e. The third kappa shape index (κ3) is 7.95. The summed E-state index contributed by atoms with van der Waals surface area (Å²) in [5, 5.41) is 0.805. The lowest BCUT2D eigenvalue weighted by molar-refractivity contribution is -0.162. The van der Waals surface area contributed by atoms with Gasteiger partial charge in [-0.3, -0.25) is 28.8 Å². The molecule has 14 nitrogen and oxygen atoms in total. The zero-order valence-corrected chi connectivity index (χ0v) is 40.0. The Labute approximate surface area is 394 Å². The summed E-state index contributed by atoms with van der Waals surface area (Å²) in [6.07, 6.45) is 6.50. The molecule has 0 aromatic heterocycles. The summed E-state index contributed by atoms with van der Waals surface area (Å²) in [5.41, 5.74) is -0.722. The highest BCUT2D eigenvalue weighted by atomic mass is 35.5. The van der Waals surface area contributed by atoms with E-state index in [0.29, 0.717) is 71.1 Å². The molecule has 2 aliphatic heterocycles. The van der Waals surface area contributed by atoms with Crippen LogP contribution in [0.15, 0.2) is 59.7 Å². The number of ether oxygens (including phenoxy) is 4. The summed E-state index contributed by atoms with van der Waals surface area (Å²) in [6.45, 7) is 14.1. The molecule has 2 aromatic rings. The molecule has 6 aliphatic carbocycles. The number of hydrogen-bond acceptors (Lipinski definition) is 12. The van der Waals surface area contributed by atoms with E-state index in [1.165, 1.54) is 12.2 Å². The maximum absolute atomic E-state index is 14.2. The second-order valence-corrected chi connectivity index (χ2v) is 20.6. The molecule has 6 saturated carbocycles. The van der Waals surface area contributed by atoms with Gasteiger partial charge in [0.1, 0.15) is 23.8 Å². The highest BCUT2D eigenvalue weighted by molar-refractivity contribution is 6.32. The third-order valence-corrected chi connectivity index (χ3v) is 14.3. The summed E-state index contributed by atoms with van der Waals surface area (Å²) >= 11 is 12.7. The quantitative estimate of drug-likeness (QED) is 0.116. The number of allylic oxidation sites excluding steroid dienone is 4. The van der Waals surface area contributed by atoms with Crippen LogP contribution in [-0.4, -0.2) is 72.9 Å². The Bertz CT molecular complexity index is 2280. The van der Waals surface area contributed by atoms with Gasteiger partial charge in [0.2, 0.25) is 11.8 Å². The Kier molecular flexibility index (Phi) is 13.3. The number of anilines is 2. The van der Waals surface area contributed by atoms with Crippen molar-refractivity contribution >= 4 is 83.1 Å². The Balaban J connectivity index is 0.000000196. The van der Waals surface area contributed by atoms with Crippen molar-refractivity contribution in [3.63, 3.8) is 0 Å². The molecule has 8 aliphatic rings. The highest BCUT2D eigenvalue weighted by Crippen LogP contribution is 2.66. The van der Waals surface area contributed by atoms with Crippen LogP contribution in [0.4, 0.5) is 21.0 Å². The molecule has 2 aromatic carbocycles. The fraction of sp³-hybridized carbons (Fsp3) is 0.520. The van der Waals surface area contributed by atoms with Gasteiger partial charge in [0.05, 0.1) is 47.3 Å². The first-order valence-electron chi connectivity index (χ1n) is 22.5. The molecular formula is C50H56Cl2N2O12. The number of esters is 2. The Morgan fingerprint density at radius 3 is 1.32 bits per heavy atom. The minimum absolute atomic E-state index is 0.155. The van der Waals surface area contributed by atoms with Crippen LogP contribution in [0.3, 0.4) is 0 Å². The van der Waals surface area contributed by atoms with Crippen molar-refractivity contribution in [2.24, 2.45) is 35.5 Å². The van der Waals surface area contributed by atoms with Crippen LogP contribution in [0.25, 0.3) is 0 Å². The zero-order valence-electron chi connectivity index (χ0n) is 38.4. The van der Waals surface area contributed by atoms with Gasteiger partial charge in [0, 0.05) is 10.0 Å². The average Bonchev–Trinajstić information content (AvgIpc) is 3.62. The van der Waals surface area contributed by atoms with Gasteiger partial charge in [0.15, 0.2) is 0 Å². The number of carbonyl (C=O) groups excluding carboxylic acids is 8. The normalized spacial score (nSPS) is 29.4. The molecule has 0 saturated heterocycles. The molecule has 0 N–H and O–H groups in total. The number of fused-ring (bicyclic) bond motifs is 6. The minimum Gasteiger partial charge on any atom is -0.466 e. The predicted octanol–water partition coefficient (Wildman–Crippen LogP) is 9.19. The van der Waals surface area contributed by atoms with Crippen LogP contribution < -0.4 is 9.80 Å². The Morgan fingerprint density at radius 1 is 0.636 bits per heavy atom. The van der Waals surface area contributed by atoms with Gasteiger partial charge >= 0.3 is 24.1 Å². The standard InChI is InChI=1S/2C25H28ClNO6/c2*1-5-32-21(29)20-17-8-6-15(12-14(17)10-11-28)25(20)18-13-16(26)7-9-19(18)27(22(25)30)23(31)33-24(2,3)4/h2*7,9-11,13,15,17,20H,5-6,8,12H2,1-4H3/b2*14-10+/t2*15-,17+,20+,25+/m00/s1.